The summed E-state index contributed by atoms with van der Waals surface area (Å²) in [6, 6.07) is 3.07. The highest BCUT2D eigenvalue weighted by Crippen LogP contribution is 2.19. The van der Waals surface area contributed by atoms with E-state index in [0.29, 0.717) is 22.5 Å². The van der Waals surface area contributed by atoms with Gasteiger partial charge >= 0.3 is 5.97 Å². The van der Waals surface area contributed by atoms with E-state index in [1.165, 1.54) is 6.07 Å². The summed E-state index contributed by atoms with van der Waals surface area (Å²) in [4.78, 5) is 14.9. The molecule has 0 fully saturated rings. The predicted molar refractivity (Wildman–Crippen MR) is 57.7 cm³/mol. The fourth-order valence-corrected chi connectivity index (χ4v) is 1.90. The second-order valence-corrected chi connectivity index (χ2v) is 3.75. The van der Waals surface area contributed by atoms with Crippen LogP contribution in [0.25, 0.3) is 5.52 Å². The van der Waals surface area contributed by atoms with Crippen LogP contribution in [0.5, 0.6) is 0 Å². The Kier molecular flexibility index (Phi) is 2.45. The largest absolute Gasteiger partial charge is 0.478 e. The SMILES string of the molecule is NCc1nc(Br)c2cc(C(=O)O)ccn12. The molecule has 5 nitrogen and oxygen atoms in total. The molecule has 0 atom stereocenters. The molecule has 2 rings (SSSR count). The number of halogens is 1. The van der Waals surface area contributed by atoms with E-state index >= 15 is 0 Å². The number of imidazole rings is 1. The number of rotatable bonds is 2. The molecule has 0 bridgehead atoms. The predicted octanol–water partition coefficient (Wildman–Crippen LogP) is 1.25. The van der Waals surface area contributed by atoms with Gasteiger partial charge in [0.15, 0.2) is 0 Å². The average Bonchev–Trinajstić information content (AvgIpc) is 2.55. The molecule has 0 saturated heterocycles. The maximum Gasteiger partial charge on any atom is 0.335 e. The van der Waals surface area contributed by atoms with Gasteiger partial charge in [-0.3, -0.25) is 0 Å². The van der Waals surface area contributed by atoms with E-state index in [4.69, 9.17) is 10.8 Å². The molecule has 0 aliphatic rings. The van der Waals surface area contributed by atoms with Crippen molar-refractivity contribution in [1.82, 2.24) is 9.38 Å². The number of fused-ring (bicyclic) bond motifs is 1. The minimum Gasteiger partial charge on any atom is -0.478 e. The zero-order chi connectivity index (χ0) is 11.0. The summed E-state index contributed by atoms with van der Waals surface area (Å²) < 4.78 is 2.36. The summed E-state index contributed by atoms with van der Waals surface area (Å²) in [7, 11) is 0. The molecule has 3 N–H and O–H groups in total. The summed E-state index contributed by atoms with van der Waals surface area (Å²) in [5, 5.41) is 8.83. The summed E-state index contributed by atoms with van der Waals surface area (Å²) in [5.74, 6) is -0.270. The molecule has 0 aliphatic carbocycles. The van der Waals surface area contributed by atoms with Crippen LogP contribution in [0.1, 0.15) is 16.2 Å². The first kappa shape index (κ1) is 10.1. The normalized spacial score (nSPS) is 10.8. The Bertz CT molecular complexity index is 535. The van der Waals surface area contributed by atoms with Crippen LogP contribution in [0.15, 0.2) is 22.9 Å². The van der Waals surface area contributed by atoms with Crippen molar-refractivity contribution in [2.45, 2.75) is 6.54 Å². The number of nitrogens with two attached hydrogens (primary N) is 1. The number of carboxylic acids is 1. The van der Waals surface area contributed by atoms with Crippen LogP contribution in [0.3, 0.4) is 0 Å². The number of carbonyl (C=O) groups is 1. The molecule has 2 heterocycles. The van der Waals surface area contributed by atoms with Gasteiger partial charge in [-0.25, -0.2) is 9.78 Å². The summed E-state index contributed by atoms with van der Waals surface area (Å²) >= 11 is 3.26. The minimum atomic E-state index is -0.958. The molecular weight excluding hydrogens is 262 g/mol. The maximum atomic E-state index is 10.8. The smallest absolute Gasteiger partial charge is 0.335 e. The van der Waals surface area contributed by atoms with Crippen molar-refractivity contribution >= 4 is 27.4 Å². The fourth-order valence-electron chi connectivity index (χ4n) is 1.39. The van der Waals surface area contributed by atoms with E-state index < -0.39 is 5.97 Å². The first-order valence-corrected chi connectivity index (χ1v) is 5.02. The lowest BCUT2D eigenvalue weighted by molar-refractivity contribution is 0.0697. The molecular formula is C9H8BrN3O2. The van der Waals surface area contributed by atoms with E-state index in [-0.39, 0.29) is 5.56 Å². The molecule has 0 spiro atoms. The van der Waals surface area contributed by atoms with Gasteiger partial charge in [-0.15, -0.1) is 0 Å². The van der Waals surface area contributed by atoms with Gasteiger partial charge < -0.3 is 15.2 Å². The van der Waals surface area contributed by atoms with Crippen LogP contribution in [-0.2, 0) is 6.54 Å². The Hall–Kier alpha value is -1.40. The molecule has 2 aromatic heterocycles. The van der Waals surface area contributed by atoms with Gasteiger partial charge in [-0.1, -0.05) is 0 Å². The van der Waals surface area contributed by atoms with Crippen LogP contribution in [0.4, 0.5) is 0 Å². The highest BCUT2D eigenvalue weighted by molar-refractivity contribution is 9.10. The van der Waals surface area contributed by atoms with Crippen molar-refractivity contribution in [3.63, 3.8) is 0 Å². The Balaban J connectivity index is 2.72. The standard InChI is InChI=1S/C9H8BrN3O2/c10-8-6-3-5(9(14)15)1-2-13(6)7(4-11)12-8/h1-3H,4,11H2,(H,14,15). The van der Waals surface area contributed by atoms with Crippen molar-refractivity contribution < 1.29 is 9.90 Å². The molecule has 78 valence electrons. The van der Waals surface area contributed by atoms with Crippen LogP contribution < -0.4 is 5.73 Å². The van der Waals surface area contributed by atoms with Crippen LogP contribution in [0.2, 0.25) is 0 Å². The molecule has 0 amide bonds. The van der Waals surface area contributed by atoms with E-state index in [0.717, 1.165) is 0 Å². The average molecular weight is 270 g/mol. The lowest BCUT2D eigenvalue weighted by Crippen LogP contribution is -2.03. The van der Waals surface area contributed by atoms with E-state index in [1.807, 2.05) is 0 Å². The van der Waals surface area contributed by atoms with Gasteiger partial charge in [0.1, 0.15) is 10.4 Å². The molecule has 6 heteroatoms. The number of pyridine rings is 1. The number of aromatic carboxylic acids is 1. The van der Waals surface area contributed by atoms with Gasteiger partial charge in [0.05, 0.1) is 17.6 Å². The minimum absolute atomic E-state index is 0.228. The van der Waals surface area contributed by atoms with Gasteiger partial charge in [0.2, 0.25) is 0 Å². The van der Waals surface area contributed by atoms with Crippen molar-refractivity contribution in [3.05, 3.63) is 34.3 Å². The fraction of sp³-hybridized carbons (Fsp3) is 0.111. The number of hydrogen-bond acceptors (Lipinski definition) is 3. The van der Waals surface area contributed by atoms with E-state index in [2.05, 4.69) is 20.9 Å². The Morgan fingerprint density at radius 1 is 1.67 bits per heavy atom. The third-order valence-corrected chi connectivity index (χ3v) is 2.68. The second kappa shape index (κ2) is 3.63. The number of aromatic nitrogens is 2. The second-order valence-electron chi connectivity index (χ2n) is 3.00. The van der Waals surface area contributed by atoms with Crippen LogP contribution in [-0.4, -0.2) is 20.5 Å². The van der Waals surface area contributed by atoms with Crippen LogP contribution >= 0.6 is 15.9 Å². The zero-order valence-corrected chi connectivity index (χ0v) is 9.23. The first-order chi connectivity index (χ1) is 7.13. The van der Waals surface area contributed by atoms with Gasteiger partial charge in [-0.05, 0) is 28.1 Å². The molecule has 2 aromatic rings. The van der Waals surface area contributed by atoms with Crippen molar-refractivity contribution in [2.75, 3.05) is 0 Å². The quantitative estimate of drug-likeness (QED) is 0.860. The first-order valence-electron chi connectivity index (χ1n) is 4.23. The molecule has 0 unspecified atom stereocenters. The van der Waals surface area contributed by atoms with Gasteiger partial charge in [-0.2, -0.15) is 0 Å². The van der Waals surface area contributed by atoms with E-state index in [9.17, 15) is 4.79 Å². The third-order valence-electron chi connectivity index (χ3n) is 2.10. The number of hydrogen-bond donors (Lipinski definition) is 2. The molecule has 0 radical (unpaired) electrons. The van der Waals surface area contributed by atoms with E-state index in [1.54, 1.807) is 16.7 Å². The Labute approximate surface area is 93.7 Å². The topological polar surface area (TPSA) is 80.6 Å². The number of carboxylic acid groups (broad SMARTS) is 1. The summed E-state index contributed by atoms with van der Waals surface area (Å²) in [5.41, 5.74) is 6.44. The molecule has 0 aromatic carbocycles. The van der Waals surface area contributed by atoms with Gasteiger partial charge in [0, 0.05) is 6.20 Å². The Morgan fingerprint density at radius 3 is 3.00 bits per heavy atom. The summed E-state index contributed by atoms with van der Waals surface area (Å²) in [6.07, 6.45) is 1.65. The molecule has 0 aliphatic heterocycles. The lowest BCUT2D eigenvalue weighted by Gasteiger charge is -1.99. The van der Waals surface area contributed by atoms with Crippen molar-refractivity contribution in [3.8, 4) is 0 Å². The highest BCUT2D eigenvalue weighted by atomic mass is 79.9. The highest BCUT2D eigenvalue weighted by Gasteiger charge is 2.10. The third kappa shape index (κ3) is 1.62. The summed E-state index contributed by atoms with van der Waals surface area (Å²) in [6.45, 7) is 0.305. The lowest BCUT2D eigenvalue weighted by atomic mass is 10.2. The number of nitrogens with zero attached hydrogens (tertiary/aromatic N) is 2. The maximum absolute atomic E-state index is 10.8. The van der Waals surface area contributed by atoms with Gasteiger partial charge in [0.25, 0.3) is 0 Å². The van der Waals surface area contributed by atoms with Crippen molar-refractivity contribution in [2.24, 2.45) is 5.73 Å². The molecule has 15 heavy (non-hydrogen) atoms. The monoisotopic (exact) mass is 269 g/mol. The zero-order valence-electron chi connectivity index (χ0n) is 7.64. The molecule has 0 saturated carbocycles. The Morgan fingerprint density at radius 2 is 2.40 bits per heavy atom. The van der Waals surface area contributed by atoms with Crippen molar-refractivity contribution in [1.29, 1.82) is 0 Å². The van der Waals surface area contributed by atoms with Crippen LogP contribution in [0, 0.1) is 0 Å².